The van der Waals surface area contributed by atoms with Crippen LogP contribution in [0.5, 0.6) is 0 Å². The highest BCUT2D eigenvalue weighted by Crippen LogP contribution is 2.03. The Morgan fingerprint density at radius 2 is 2.12 bits per heavy atom. The Morgan fingerprint density at radius 3 is 2.71 bits per heavy atom. The number of nitrogens with zero attached hydrogens (tertiary/aromatic N) is 1. The molecule has 0 spiro atoms. The van der Waals surface area contributed by atoms with Crippen molar-refractivity contribution in [3.8, 4) is 0 Å². The van der Waals surface area contributed by atoms with Gasteiger partial charge in [0.2, 0.25) is 0 Å². The summed E-state index contributed by atoms with van der Waals surface area (Å²) < 4.78 is 24.2. The molecular weight excluding hydrogens is 236 g/mol. The highest BCUT2D eigenvalue weighted by Gasteiger charge is 2.05. The van der Waals surface area contributed by atoms with Crippen LogP contribution in [0, 0.1) is 5.92 Å². The maximum atomic E-state index is 11.1. The summed E-state index contributed by atoms with van der Waals surface area (Å²) in [5, 5.41) is 3.35. The number of hydrogen-bond acceptors (Lipinski definition) is 3. The molecule has 0 aliphatic heterocycles. The van der Waals surface area contributed by atoms with E-state index in [2.05, 4.69) is 19.2 Å². The van der Waals surface area contributed by atoms with Gasteiger partial charge in [0.25, 0.3) is 0 Å². The van der Waals surface area contributed by atoms with Crippen molar-refractivity contribution in [1.29, 1.82) is 0 Å². The van der Waals surface area contributed by atoms with Gasteiger partial charge in [-0.15, -0.1) is 0 Å². The molecule has 0 aliphatic rings. The molecule has 0 bridgehead atoms. The number of sulfone groups is 1. The Kier molecular flexibility index (Phi) is 5.21. The molecule has 0 atom stereocenters. The monoisotopic (exact) mass is 258 g/mol. The highest BCUT2D eigenvalue weighted by atomic mass is 32.2. The van der Waals surface area contributed by atoms with Gasteiger partial charge in [0.1, 0.15) is 9.84 Å². The van der Waals surface area contributed by atoms with Crippen LogP contribution in [0.4, 0.5) is 0 Å². The van der Waals surface area contributed by atoms with E-state index < -0.39 is 9.84 Å². The van der Waals surface area contributed by atoms with Crippen LogP contribution >= 0.6 is 0 Å². The van der Waals surface area contributed by atoms with Crippen molar-refractivity contribution in [3.05, 3.63) is 24.0 Å². The van der Waals surface area contributed by atoms with Crippen molar-refractivity contribution in [2.75, 3.05) is 18.6 Å². The maximum Gasteiger partial charge on any atom is 0.149 e. The van der Waals surface area contributed by atoms with Crippen LogP contribution in [0.15, 0.2) is 18.3 Å². The third-order valence-corrected chi connectivity index (χ3v) is 3.41. The zero-order valence-corrected chi connectivity index (χ0v) is 11.6. The second-order valence-corrected chi connectivity index (χ2v) is 7.11. The second-order valence-electron chi connectivity index (χ2n) is 4.85. The van der Waals surface area contributed by atoms with Crippen LogP contribution in [0.1, 0.15) is 19.5 Å². The zero-order chi connectivity index (χ0) is 12.9. The van der Waals surface area contributed by atoms with Crippen molar-refractivity contribution >= 4 is 9.84 Å². The van der Waals surface area contributed by atoms with Crippen LogP contribution in [-0.2, 0) is 22.9 Å². The summed E-state index contributed by atoms with van der Waals surface area (Å²) in [6.07, 6.45) is 3.20. The van der Waals surface area contributed by atoms with E-state index in [1.807, 2.05) is 22.9 Å². The van der Waals surface area contributed by atoms with Crippen molar-refractivity contribution in [1.82, 2.24) is 9.88 Å². The van der Waals surface area contributed by atoms with E-state index in [0.29, 0.717) is 12.5 Å². The van der Waals surface area contributed by atoms with E-state index in [4.69, 9.17) is 0 Å². The van der Waals surface area contributed by atoms with Gasteiger partial charge in [-0.2, -0.15) is 0 Å². The normalized spacial score (nSPS) is 12.2. The standard InChI is InChI=1S/C12H22N2O2S/c1-11(2)9-13-10-12-5-4-6-14(12)7-8-17(3,15)16/h4-6,11,13H,7-10H2,1-3H3. The van der Waals surface area contributed by atoms with Gasteiger partial charge < -0.3 is 9.88 Å². The SMILES string of the molecule is CC(C)CNCc1cccn1CCS(C)(=O)=O. The van der Waals surface area contributed by atoms with Crippen molar-refractivity contribution in [3.63, 3.8) is 0 Å². The summed E-state index contributed by atoms with van der Waals surface area (Å²) in [6.45, 7) is 6.61. The molecular formula is C12H22N2O2S. The van der Waals surface area contributed by atoms with E-state index in [1.54, 1.807) is 0 Å². The number of rotatable bonds is 7. The second kappa shape index (κ2) is 6.21. The van der Waals surface area contributed by atoms with Gasteiger partial charge in [-0.25, -0.2) is 8.42 Å². The van der Waals surface area contributed by atoms with Crippen LogP contribution < -0.4 is 5.32 Å². The molecule has 1 aromatic rings. The molecule has 17 heavy (non-hydrogen) atoms. The quantitative estimate of drug-likeness (QED) is 0.801. The fourth-order valence-electron chi connectivity index (χ4n) is 1.58. The summed E-state index contributed by atoms with van der Waals surface area (Å²) >= 11 is 0. The fourth-order valence-corrected chi connectivity index (χ4v) is 2.11. The molecule has 1 N–H and O–H groups in total. The Hall–Kier alpha value is -0.810. The summed E-state index contributed by atoms with van der Waals surface area (Å²) in [5.74, 6) is 0.813. The first-order valence-corrected chi connectivity index (χ1v) is 7.97. The first-order valence-electron chi connectivity index (χ1n) is 5.91. The first kappa shape index (κ1) is 14.3. The molecule has 5 heteroatoms. The van der Waals surface area contributed by atoms with E-state index in [-0.39, 0.29) is 5.75 Å². The minimum absolute atomic E-state index is 0.193. The Balaban J connectivity index is 2.48. The van der Waals surface area contributed by atoms with Crippen molar-refractivity contribution in [2.45, 2.75) is 26.9 Å². The van der Waals surface area contributed by atoms with Gasteiger partial charge in [0.05, 0.1) is 5.75 Å². The van der Waals surface area contributed by atoms with Gasteiger partial charge >= 0.3 is 0 Å². The Morgan fingerprint density at radius 1 is 1.41 bits per heavy atom. The lowest BCUT2D eigenvalue weighted by Crippen LogP contribution is -2.21. The highest BCUT2D eigenvalue weighted by molar-refractivity contribution is 7.90. The predicted octanol–water partition coefficient (Wildman–Crippen LogP) is 1.28. The molecule has 0 saturated carbocycles. The molecule has 0 unspecified atom stereocenters. The predicted molar refractivity (Wildman–Crippen MR) is 70.7 cm³/mol. The van der Waals surface area contributed by atoms with Gasteiger partial charge in [-0.1, -0.05) is 13.8 Å². The molecule has 0 saturated heterocycles. The smallest absolute Gasteiger partial charge is 0.149 e. The molecule has 1 aromatic heterocycles. The minimum atomic E-state index is -2.89. The molecule has 0 radical (unpaired) electrons. The van der Waals surface area contributed by atoms with Crippen LogP contribution in [0.3, 0.4) is 0 Å². The van der Waals surface area contributed by atoms with Crippen LogP contribution in [0.2, 0.25) is 0 Å². The average Bonchev–Trinajstić information content (AvgIpc) is 2.61. The van der Waals surface area contributed by atoms with Gasteiger partial charge in [0.15, 0.2) is 0 Å². The molecule has 0 fully saturated rings. The summed E-state index contributed by atoms with van der Waals surface area (Å²) in [5.41, 5.74) is 1.13. The molecule has 0 aliphatic carbocycles. The summed E-state index contributed by atoms with van der Waals surface area (Å²) in [6, 6.07) is 3.98. The average molecular weight is 258 g/mol. The van der Waals surface area contributed by atoms with E-state index in [1.165, 1.54) is 6.26 Å². The Labute approximate surface area is 104 Å². The molecule has 0 amide bonds. The lowest BCUT2D eigenvalue weighted by molar-refractivity contribution is 0.536. The Bertz CT molecular complexity index is 435. The largest absolute Gasteiger partial charge is 0.349 e. The number of aromatic nitrogens is 1. The van der Waals surface area contributed by atoms with Crippen molar-refractivity contribution < 1.29 is 8.42 Å². The van der Waals surface area contributed by atoms with Crippen LogP contribution in [-0.4, -0.2) is 31.5 Å². The lowest BCUT2D eigenvalue weighted by atomic mass is 10.2. The van der Waals surface area contributed by atoms with Crippen LogP contribution in [0.25, 0.3) is 0 Å². The first-order chi connectivity index (χ1) is 7.88. The fraction of sp³-hybridized carbons (Fsp3) is 0.667. The summed E-state index contributed by atoms with van der Waals surface area (Å²) in [7, 11) is -2.89. The maximum absolute atomic E-state index is 11.1. The number of hydrogen-bond donors (Lipinski definition) is 1. The third kappa shape index (κ3) is 5.89. The number of nitrogens with one attached hydrogen (secondary N) is 1. The number of aryl methyl sites for hydroxylation is 1. The van der Waals surface area contributed by atoms with Gasteiger partial charge in [-0.3, -0.25) is 0 Å². The molecule has 1 rings (SSSR count). The van der Waals surface area contributed by atoms with E-state index in [0.717, 1.165) is 18.8 Å². The van der Waals surface area contributed by atoms with E-state index in [9.17, 15) is 8.42 Å². The van der Waals surface area contributed by atoms with Gasteiger partial charge in [0, 0.05) is 31.2 Å². The molecule has 1 heterocycles. The molecule has 98 valence electrons. The third-order valence-electron chi connectivity index (χ3n) is 2.49. The lowest BCUT2D eigenvalue weighted by Gasteiger charge is -2.11. The van der Waals surface area contributed by atoms with Crippen molar-refractivity contribution in [2.24, 2.45) is 5.92 Å². The topological polar surface area (TPSA) is 51.1 Å². The summed E-state index contributed by atoms with van der Waals surface area (Å²) in [4.78, 5) is 0. The zero-order valence-electron chi connectivity index (χ0n) is 10.8. The molecule has 0 aromatic carbocycles. The minimum Gasteiger partial charge on any atom is -0.349 e. The van der Waals surface area contributed by atoms with Gasteiger partial charge in [-0.05, 0) is 24.6 Å². The van der Waals surface area contributed by atoms with E-state index >= 15 is 0 Å². The molecule has 4 nitrogen and oxygen atoms in total.